The van der Waals surface area contributed by atoms with Crippen molar-refractivity contribution in [3.63, 3.8) is 0 Å². The van der Waals surface area contributed by atoms with Crippen LogP contribution >= 0.6 is 11.8 Å². The van der Waals surface area contributed by atoms with Crippen molar-refractivity contribution in [2.45, 2.75) is 25.0 Å². The molecule has 5 heteroatoms. The summed E-state index contributed by atoms with van der Waals surface area (Å²) in [6.07, 6.45) is 0.932. The molecule has 2 rings (SSSR count). The third kappa shape index (κ3) is 4.06. The third-order valence-electron chi connectivity index (χ3n) is 2.95. The zero-order chi connectivity index (χ0) is 15.2. The fourth-order valence-corrected chi connectivity index (χ4v) is 2.50. The SMILES string of the molecule is CCSc1ccc(C(=O)Nc2ccccc2[C@@H](C)O)cn1. The maximum Gasteiger partial charge on any atom is 0.257 e. The van der Waals surface area contributed by atoms with Gasteiger partial charge in [0.1, 0.15) is 0 Å². The van der Waals surface area contributed by atoms with Crippen LogP contribution in [0.1, 0.15) is 35.9 Å². The largest absolute Gasteiger partial charge is 0.389 e. The second-order valence-electron chi connectivity index (χ2n) is 4.54. The van der Waals surface area contributed by atoms with Gasteiger partial charge in [-0.25, -0.2) is 4.98 Å². The van der Waals surface area contributed by atoms with Crippen LogP contribution in [-0.2, 0) is 0 Å². The molecule has 1 aromatic heterocycles. The van der Waals surface area contributed by atoms with E-state index in [2.05, 4.69) is 17.2 Å². The summed E-state index contributed by atoms with van der Waals surface area (Å²) in [6.45, 7) is 3.73. The van der Waals surface area contributed by atoms with E-state index in [9.17, 15) is 9.90 Å². The van der Waals surface area contributed by atoms with Crippen molar-refractivity contribution in [2.75, 3.05) is 11.1 Å². The van der Waals surface area contributed by atoms with Gasteiger partial charge in [0.15, 0.2) is 0 Å². The molecule has 0 aliphatic rings. The number of rotatable bonds is 5. The van der Waals surface area contributed by atoms with Crippen molar-refractivity contribution < 1.29 is 9.90 Å². The van der Waals surface area contributed by atoms with Gasteiger partial charge in [-0.1, -0.05) is 25.1 Å². The molecule has 0 bridgehead atoms. The van der Waals surface area contributed by atoms with Gasteiger partial charge in [-0.15, -0.1) is 11.8 Å². The lowest BCUT2D eigenvalue weighted by molar-refractivity contribution is 0.102. The van der Waals surface area contributed by atoms with Gasteiger partial charge in [0.25, 0.3) is 5.91 Å². The van der Waals surface area contributed by atoms with Crippen LogP contribution in [0.2, 0.25) is 0 Å². The number of para-hydroxylation sites is 1. The molecule has 0 aliphatic carbocycles. The quantitative estimate of drug-likeness (QED) is 0.830. The van der Waals surface area contributed by atoms with Crippen LogP contribution in [0.3, 0.4) is 0 Å². The van der Waals surface area contributed by atoms with Crippen LogP contribution in [-0.4, -0.2) is 21.8 Å². The van der Waals surface area contributed by atoms with Crippen molar-refractivity contribution in [3.05, 3.63) is 53.7 Å². The summed E-state index contributed by atoms with van der Waals surface area (Å²) < 4.78 is 0. The topological polar surface area (TPSA) is 62.2 Å². The van der Waals surface area contributed by atoms with Crippen LogP contribution in [0, 0.1) is 0 Å². The second kappa shape index (κ2) is 7.24. The van der Waals surface area contributed by atoms with Crippen LogP contribution in [0.15, 0.2) is 47.6 Å². The Morgan fingerprint density at radius 1 is 1.33 bits per heavy atom. The minimum absolute atomic E-state index is 0.233. The first-order valence-electron chi connectivity index (χ1n) is 6.79. The number of aliphatic hydroxyl groups is 1. The predicted octanol–water partition coefficient (Wildman–Crippen LogP) is 3.50. The molecular weight excluding hydrogens is 284 g/mol. The highest BCUT2D eigenvalue weighted by molar-refractivity contribution is 7.99. The van der Waals surface area contributed by atoms with Crippen LogP contribution < -0.4 is 5.32 Å². The van der Waals surface area contributed by atoms with Crippen molar-refractivity contribution in [3.8, 4) is 0 Å². The summed E-state index contributed by atoms with van der Waals surface area (Å²) in [5, 5.41) is 13.4. The number of nitrogens with zero attached hydrogens (tertiary/aromatic N) is 1. The average Bonchev–Trinajstić information content (AvgIpc) is 2.48. The average molecular weight is 302 g/mol. The summed E-state index contributed by atoms with van der Waals surface area (Å²) in [5.41, 5.74) is 1.80. The Labute approximate surface area is 128 Å². The van der Waals surface area contributed by atoms with Crippen LogP contribution in [0.25, 0.3) is 0 Å². The number of hydrogen-bond donors (Lipinski definition) is 2. The zero-order valence-electron chi connectivity index (χ0n) is 12.0. The molecule has 2 aromatic rings. The highest BCUT2D eigenvalue weighted by Crippen LogP contribution is 2.23. The molecule has 2 N–H and O–H groups in total. The number of nitrogens with one attached hydrogen (secondary N) is 1. The lowest BCUT2D eigenvalue weighted by atomic mass is 10.1. The third-order valence-corrected chi connectivity index (χ3v) is 3.78. The van der Waals surface area contributed by atoms with Crippen LogP contribution in [0.5, 0.6) is 0 Å². The second-order valence-corrected chi connectivity index (χ2v) is 5.82. The summed E-state index contributed by atoms with van der Waals surface area (Å²) in [7, 11) is 0. The van der Waals surface area contributed by atoms with Crippen molar-refractivity contribution in [1.29, 1.82) is 0 Å². The number of pyridine rings is 1. The fourth-order valence-electron chi connectivity index (χ4n) is 1.92. The Balaban J connectivity index is 2.14. The lowest BCUT2D eigenvalue weighted by Crippen LogP contribution is -2.14. The Morgan fingerprint density at radius 2 is 2.10 bits per heavy atom. The fraction of sp³-hybridized carbons (Fsp3) is 0.250. The maximum atomic E-state index is 12.2. The normalized spacial score (nSPS) is 12.0. The van der Waals surface area contributed by atoms with E-state index in [1.165, 1.54) is 0 Å². The highest BCUT2D eigenvalue weighted by Gasteiger charge is 2.11. The molecular formula is C16H18N2O2S. The Hall–Kier alpha value is -1.85. The molecule has 0 radical (unpaired) electrons. The summed E-state index contributed by atoms with van der Waals surface area (Å²) in [5.74, 6) is 0.712. The first-order valence-corrected chi connectivity index (χ1v) is 7.77. The van der Waals surface area contributed by atoms with E-state index in [0.29, 0.717) is 16.8 Å². The summed E-state index contributed by atoms with van der Waals surface area (Å²) in [4.78, 5) is 16.5. The van der Waals surface area contributed by atoms with Gasteiger partial charge < -0.3 is 10.4 Å². The van der Waals surface area contributed by atoms with Gasteiger partial charge in [-0.3, -0.25) is 4.79 Å². The highest BCUT2D eigenvalue weighted by atomic mass is 32.2. The molecule has 0 unspecified atom stereocenters. The summed E-state index contributed by atoms with van der Waals surface area (Å²) >= 11 is 1.63. The molecule has 21 heavy (non-hydrogen) atoms. The number of benzene rings is 1. The molecule has 1 amide bonds. The first kappa shape index (κ1) is 15.5. The Bertz CT molecular complexity index is 612. The first-order chi connectivity index (χ1) is 10.1. The van der Waals surface area contributed by atoms with E-state index in [4.69, 9.17) is 0 Å². The Morgan fingerprint density at radius 3 is 2.71 bits per heavy atom. The minimum atomic E-state index is -0.636. The molecule has 0 fully saturated rings. The van der Waals surface area contributed by atoms with Crippen molar-refractivity contribution in [2.24, 2.45) is 0 Å². The Kier molecular flexibility index (Phi) is 5.36. The number of amides is 1. The number of hydrogen-bond acceptors (Lipinski definition) is 4. The van der Waals surface area contributed by atoms with Gasteiger partial charge in [-0.2, -0.15) is 0 Å². The molecule has 1 atom stereocenters. The standard InChI is InChI=1S/C16H18N2O2S/c1-3-21-15-9-8-12(10-17-15)16(20)18-14-7-5-4-6-13(14)11(2)19/h4-11,19H,3H2,1-2H3,(H,18,20)/t11-/m1/s1. The lowest BCUT2D eigenvalue weighted by Gasteiger charge is -2.13. The smallest absolute Gasteiger partial charge is 0.257 e. The monoisotopic (exact) mass is 302 g/mol. The van der Waals surface area contributed by atoms with E-state index in [1.54, 1.807) is 43.1 Å². The van der Waals surface area contributed by atoms with Gasteiger partial charge >= 0.3 is 0 Å². The molecule has 110 valence electrons. The number of carbonyl (C=O) groups excluding carboxylic acids is 1. The van der Waals surface area contributed by atoms with Crippen LogP contribution in [0.4, 0.5) is 5.69 Å². The maximum absolute atomic E-state index is 12.2. The number of aromatic nitrogens is 1. The van der Waals surface area contributed by atoms with Gasteiger partial charge in [0.2, 0.25) is 0 Å². The van der Waals surface area contributed by atoms with E-state index in [1.807, 2.05) is 18.2 Å². The number of carbonyl (C=O) groups is 1. The number of thioether (sulfide) groups is 1. The van der Waals surface area contributed by atoms with Gasteiger partial charge in [0.05, 0.1) is 16.7 Å². The predicted molar refractivity (Wildman–Crippen MR) is 85.7 cm³/mol. The molecule has 0 saturated carbocycles. The summed E-state index contributed by atoms with van der Waals surface area (Å²) in [6, 6.07) is 10.8. The van der Waals surface area contributed by atoms with Gasteiger partial charge in [0, 0.05) is 17.4 Å². The van der Waals surface area contributed by atoms with Gasteiger partial charge in [-0.05, 0) is 30.9 Å². The molecule has 4 nitrogen and oxygen atoms in total. The van der Waals surface area contributed by atoms with Crippen molar-refractivity contribution in [1.82, 2.24) is 4.98 Å². The molecule has 0 aliphatic heterocycles. The minimum Gasteiger partial charge on any atom is -0.389 e. The zero-order valence-corrected chi connectivity index (χ0v) is 12.9. The van der Waals surface area contributed by atoms with E-state index < -0.39 is 6.10 Å². The molecule has 1 aromatic carbocycles. The van der Waals surface area contributed by atoms with E-state index >= 15 is 0 Å². The number of anilines is 1. The van der Waals surface area contributed by atoms with E-state index in [-0.39, 0.29) is 5.91 Å². The molecule has 1 heterocycles. The van der Waals surface area contributed by atoms with E-state index in [0.717, 1.165) is 10.8 Å². The molecule has 0 spiro atoms. The molecule has 0 saturated heterocycles. The van der Waals surface area contributed by atoms with Crippen molar-refractivity contribution >= 4 is 23.4 Å². The number of aliphatic hydroxyl groups excluding tert-OH is 1.